The van der Waals surface area contributed by atoms with Crippen LogP contribution in [0.1, 0.15) is 5.82 Å². The molecular formula is C9H10N8. The first-order chi connectivity index (χ1) is 8.34. The molecule has 0 aliphatic carbocycles. The lowest BCUT2D eigenvalue weighted by Crippen LogP contribution is -2.09. The summed E-state index contributed by atoms with van der Waals surface area (Å²) >= 11 is 0. The number of hydrogen-bond acceptors (Lipinski definition) is 6. The van der Waals surface area contributed by atoms with Crippen molar-refractivity contribution >= 4 is 11.5 Å². The number of aromatic nitrogens is 7. The summed E-state index contributed by atoms with van der Waals surface area (Å²) in [5.41, 5.74) is 0.606. The average Bonchev–Trinajstić information content (AvgIpc) is 2.95. The first-order valence-electron chi connectivity index (χ1n) is 5.07. The van der Waals surface area contributed by atoms with Gasteiger partial charge in [0.05, 0.1) is 18.9 Å². The molecule has 0 aromatic carbocycles. The smallest absolute Gasteiger partial charge is 0.199 e. The number of hydrogen-bond donors (Lipinski definition) is 1. The highest BCUT2D eigenvalue weighted by molar-refractivity contribution is 5.43. The molecule has 8 nitrogen and oxygen atoms in total. The first-order valence-corrected chi connectivity index (χ1v) is 5.07. The Morgan fingerprint density at radius 2 is 2.29 bits per heavy atom. The number of nitrogens with zero attached hydrogens (tertiary/aromatic N) is 7. The molecule has 3 heterocycles. The van der Waals surface area contributed by atoms with Crippen molar-refractivity contribution < 1.29 is 0 Å². The van der Waals surface area contributed by atoms with Gasteiger partial charge >= 0.3 is 0 Å². The van der Waals surface area contributed by atoms with Crippen LogP contribution in [0.4, 0.5) is 5.82 Å². The van der Waals surface area contributed by atoms with Gasteiger partial charge in [-0.3, -0.25) is 4.98 Å². The third-order valence-corrected chi connectivity index (χ3v) is 2.46. The van der Waals surface area contributed by atoms with Crippen LogP contribution in [0.3, 0.4) is 0 Å². The predicted octanol–water partition coefficient (Wildman–Crippen LogP) is -0.135. The van der Waals surface area contributed by atoms with Crippen molar-refractivity contribution in [3.63, 3.8) is 0 Å². The van der Waals surface area contributed by atoms with Crippen LogP contribution in [0.2, 0.25) is 0 Å². The highest BCUT2D eigenvalue weighted by Crippen LogP contribution is 2.07. The van der Waals surface area contributed by atoms with Gasteiger partial charge in [-0.2, -0.15) is 4.52 Å². The fourth-order valence-electron chi connectivity index (χ4n) is 1.53. The minimum atomic E-state index is 0.587. The molecule has 0 aliphatic rings. The van der Waals surface area contributed by atoms with E-state index >= 15 is 0 Å². The van der Waals surface area contributed by atoms with Gasteiger partial charge in [-0.05, 0) is 10.4 Å². The zero-order valence-electron chi connectivity index (χ0n) is 9.15. The van der Waals surface area contributed by atoms with E-state index in [2.05, 4.69) is 30.8 Å². The van der Waals surface area contributed by atoms with Crippen molar-refractivity contribution in [2.24, 2.45) is 7.05 Å². The van der Waals surface area contributed by atoms with E-state index in [0.29, 0.717) is 12.2 Å². The monoisotopic (exact) mass is 230 g/mol. The summed E-state index contributed by atoms with van der Waals surface area (Å²) in [5.74, 6) is 1.66. The Bertz CT molecular complexity index is 639. The van der Waals surface area contributed by atoms with Crippen LogP contribution in [0.15, 0.2) is 24.8 Å². The molecule has 3 rings (SSSR count). The second-order valence-corrected chi connectivity index (χ2v) is 3.55. The lowest BCUT2D eigenvalue weighted by atomic mass is 10.5. The minimum Gasteiger partial charge on any atom is -0.361 e. The number of rotatable bonds is 3. The van der Waals surface area contributed by atoms with Crippen LogP contribution in [0.25, 0.3) is 5.65 Å². The van der Waals surface area contributed by atoms with E-state index in [1.54, 1.807) is 23.1 Å². The molecule has 0 atom stereocenters. The van der Waals surface area contributed by atoms with E-state index in [0.717, 1.165) is 11.6 Å². The van der Waals surface area contributed by atoms with Crippen molar-refractivity contribution in [3.05, 3.63) is 30.6 Å². The van der Waals surface area contributed by atoms with Crippen LogP contribution in [0.5, 0.6) is 0 Å². The van der Waals surface area contributed by atoms with Gasteiger partial charge in [-0.15, -0.1) is 5.10 Å². The second-order valence-electron chi connectivity index (χ2n) is 3.55. The lowest BCUT2D eigenvalue weighted by molar-refractivity contribution is 0.790. The topological polar surface area (TPSA) is 85.8 Å². The fraction of sp³-hybridized carbons (Fsp3) is 0.222. The molecule has 0 spiro atoms. The molecule has 86 valence electrons. The molecule has 0 radical (unpaired) electrons. The van der Waals surface area contributed by atoms with Gasteiger partial charge in [-0.25, -0.2) is 4.98 Å². The third-order valence-electron chi connectivity index (χ3n) is 2.46. The average molecular weight is 230 g/mol. The van der Waals surface area contributed by atoms with Gasteiger partial charge in [0.25, 0.3) is 0 Å². The van der Waals surface area contributed by atoms with Crippen LogP contribution in [0, 0.1) is 0 Å². The normalized spacial score (nSPS) is 10.9. The summed E-state index contributed by atoms with van der Waals surface area (Å²) < 4.78 is 3.54. The zero-order valence-corrected chi connectivity index (χ0v) is 9.15. The number of imidazole rings is 1. The Hall–Kier alpha value is -2.51. The Balaban J connectivity index is 1.86. The van der Waals surface area contributed by atoms with Gasteiger partial charge in [0.15, 0.2) is 11.5 Å². The summed E-state index contributed by atoms with van der Waals surface area (Å²) in [5, 5.41) is 14.5. The van der Waals surface area contributed by atoms with E-state index < -0.39 is 0 Å². The van der Waals surface area contributed by atoms with Crippen molar-refractivity contribution in [3.8, 4) is 0 Å². The first kappa shape index (κ1) is 9.70. The van der Waals surface area contributed by atoms with Gasteiger partial charge < -0.3 is 9.88 Å². The van der Waals surface area contributed by atoms with E-state index in [-0.39, 0.29) is 0 Å². The SMILES string of the molecule is Cn1ccnc1CNc1cncc2nnnn12. The third kappa shape index (κ3) is 1.69. The van der Waals surface area contributed by atoms with Crippen molar-refractivity contribution in [2.75, 3.05) is 5.32 Å². The van der Waals surface area contributed by atoms with Crippen molar-refractivity contribution in [2.45, 2.75) is 6.54 Å². The summed E-state index contributed by atoms with van der Waals surface area (Å²) in [6.45, 7) is 0.587. The van der Waals surface area contributed by atoms with Gasteiger partial charge in [0, 0.05) is 19.4 Å². The molecule has 8 heteroatoms. The standard InChI is InChI=1S/C9H10N8/c1-16-3-2-11-7(16)6-12-8-4-10-5-9-13-14-15-17(8)9/h2-5,12H,6H2,1H3. The van der Waals surface area contributed by atoms with Crippen LogP contribution in [-0.4, -0.2) is 34.6 Å². The Labute approximate surface area is 96.3 Å². The highest BCUT2D eigenvalue weighted by atomic mass is 15.5. The molecule has 3 aromatic rings. The molecule has 17 heavy (non-hydrogen) atoms. The quantitative estimate of drug-likeness (QED) is 0.674. The fourth-order valence-corrected chi connectivity index (χ4v) is 1.53. The number of fused-ring (bicyclic) bond motifs is 1. The zero-order chi connectivity index (χ0) is 11.7. The van der Waals surface area contributed by atoms with Crippen LogP contribution < -0.4 is 5.32 Å². The summed E-state index contributed by atoms with van der Waals surface area (Å²) in [6, 6.07) is 0. The lowest BCUT2D eigenvalue weighted by Gasteiger charge is -2.06. The molecule has 0 bridgehead atoms. The second kappa shape index (κ2) is 3.81. The molecule has 0 aliphatic heterocycles. The Morgan fingerprint density at radius 1 is 1.35 bits per heavy atom. The van der Waals surface area contributed by atoms with Crippen molar-refractivity contribution in [1.82, 2.24) is 34.6 Å². The van der Waals surface area contributed by atoms with Gasteiger partial charge in [0.2, 0.25) is 0 Å². The number of anilines is 1. The maximum Gasteiger partial charge on any atom is 0.199 e. The minimum absolute atomic E-state index is 0.587. The summed E-state index contributed by atoms with van der Waals surface area (Å²) in [7, 11) is 1.94. The number of tetrazole rings is 1. The van der Waals surface area contributed by atoms with E-state index in [9.17, 15) is 0 Å². The number of aryl methyl sites for hydroxylation is 1. The maximum atomic E-state index is 4.22. The molecule has 0 unspecified atom stereocenters. The highest BCUT2D eigenvalue weighted by Gasteiger charge is 2.04. The van der Waals surface area contributed by atoms with Gasteiger partial charge in [0.1, 0.15) is 5.82 Å². The summed E-state index contributed by atoms with van der Waals surface area (Å²) in [4.78, 5) is 8.27. The van der Waals surface area contributed by atoms with Crippen LogP contribution >= 0.6 is 0 Å². The largest absolute Gasteiger partial charge is 0.361 e. The maximum absolute atomic E-state index is 4.22. The molecule has 3 aromatic heterocycles. The molecular weight excluding hydrogens is 220 g/mol. The van der Waals surface area contributed by atoms with E-state index in [4.69, 9.17) is 0 Å². The summed E-state index contributed by atoms with van der Waals surface area (Å²) in [6.07, 6.45) is 6.93. The predicted molar refractivity (Wildman–Crippen MR) is 59.1 cm³/mol. The number of nitrogens with one attached hydrogen (secondary N) is 1. The molecule has 0 saturated carbocycles. The molecule has 0 amide bonds. The Kier molecular flexibility index (Phi) is 2.18. The molecule has 1 N–H and O–H groups in total. The Morgan fingerprint density at radius 3 is 3.12 bits per heavy atom. The van der Waals surface area contributed by atoms with E-state index in [1.807, 2.05) is 17.8 Å². The molecule has 0 saturated heterocycles. The van der Waals surface area contributed by atoms with Crippen LogP contribution in [-0.2, 0) is 13.6 Å². The van der Waals surface area contributed by atoms with Gasteiger partial charge in [-0.1, -0.05) is 0 Å². The van der Waals surface area contributed by atoms with Crippen molar-refractivity contribution in [1.29, 1.82) is 0 Å². The van der Waals surface area contributed by atoms with E-state index in [1.165, 1.54) is 0 Å². The molecule has 0 fully saturated rings.